The van der Waals surface area contributed by atoms with E-state index in [0.29, 0.717) is 6.54 Å². The lowest BCUT2D eigenvalue weighted by atomic mass is 10.2. The molecule has 0 unspecified atom stereocenters. The van der Waals surface area contributed by atoms with Crippen molar-refractivity contribution in [3.05, 3.63) is 59.8 Å². The van der Waals surface area contributed by atoms with Crippen molar-refractivity contribution in [2.75, 3.05) is 0 Å². The molecule has 7 nitrogen and oxygen atoms in total. The molecule has 0 aliphatic heterocycles. The molecule has 0 aliphatic carbocycles. The predicted molar refractivity (Wildman–Crippen MR) is 72.8 cm³/mol. The summed E-state index contributed by atoms with van der Waals surface area (Å²) in [4.78, 5) is 26.6. The molecule has 1 aromatic heterocycles. The van der Waals surface area contributed by atoms with Crippen LogP contribution in [0.25, 0.3) is 0 Å². The van der Waals surface area contributed by atoms with Crippen LogP contribution in [-0.2, 0) is 6.54 Å². The van der Waals surface area contributed by atoms with Crippen LogP contribution in [0.15, 0.2) is 48.7 Å². The monoisotopic (exact) mass is 287 g/mol. The van der Waals surface area contributed by atoms with Gasteiger partial charge in [0.15, 0.2) is 0 Å². The maximum absolute atomic E-state index is 11.6. The van der Waals surface area contributed by atoms with Gasteiger partial charge < -0.3 is 10.1 Å². The summed E-state index contributed by atoms with van der Waals surface area (Å²) in [5, 5.41) is 11.1. The van der Waals surface area contributed by atoms with E-state index >= 15 is 0 Å². The molecule has 0 aliphatic rings. The quantitative estimate of drug-likeness (QED) is 0.584. The molecule has 0 bridgehead atoms. The van der Waals surface area contributed by atoms with E-state index < -0.39 is 12.0 Å². The number of aromatic nitrogens is 1. The van der Waals surface area contributed by atoms with Crippen LogP contribution in [0.4, 0.5) is 4.79 Å². The first kappa shape index (κ1) is 14.5. The second-order valence-corrected chi connectivity index (χ2v) is 4.05. The molecule has 0 fully saturated rings. The molecule has 21 heavy (non-hydrogen) atoms. The molecule has 7 heteroatoms. The van der Waals surface area contributed by atoms with Crippen molar-refractivity contribution in [2.45, 2.75) is 6.54 Å². The van der Waals surface area contributed by atoms with Crippen LogP contribution in [0, 0.1) is 0 Å². The third-order valence-corrected chi connectivity index (χ3v) is 2.58. The van der Waals surface area contributed by atoms with Crippen molar-refractivity contribution in [1.29, 1.82) is 0 Å². The van der Waals surface area contributed by atoms with Crippen molar-refractivity contribution in [3.8, 4) is 5.88 Å². The van der Waals surface area contributed by atoms with E-state index in [9.17, 15) is 9.59 Å². The van der Waals surface area contributed by atoms with Gasteiger partial charge in [-0.05, 0) is 11.6 Å². The molecule has 2 aromatic rings. The Morgan fingerprint density at radius 3 is 2.67 bits per heavy atom. The molecule has 0 saturated heterocycles. The normalized spacial score (nSPS) is 9.76. The summed E-state index contributed by atoms with van der Waals surface area (Å²) < 4.78 is 4.95. The highest BCUT2D eigenvalue weighted by molar-refractivity contribution is 5.93. The van der Waals surface area contributed by atoms with Crippen molar-refractivity contribution < 1.29 is 19.5 Å². The number of benzene rings is 1. The molecular formula is C14H13N3O4. The number of ether oxygens (including phenoxy) is 1. The summed E-state index contributed by atoms with van der Waals surface area (Å²) in [5.41, 5.74) is 2.54. The summed E-state index contributed by atoms with van der Waals surface area (Å²) in [6.45, 7) is 0.316. The second-order valence-electron chi connectivity index (χ2n) is 4.05. The number of pyridine rings is 1. The summed E-state index contributed by atoms with van der Waals surface area (Å²) in [6.07, 6.45) is 0.609. The Morgan fingerprint density at radius 1 is 1.19 bits per heavy atom. The number of hydrogen-bond donors (Lipinski definition) is 3. The molecule has 0 saturated carbocycles. The number of amides is 2. The average Bonchev–Trinajstić information content (AvgIpc) is 2.53. The highest BCUT2D eigenvalue weighted by Gasteiger charge is 2.09. The number of carbonyl (C=O) groups excluding carboxylic acids is 2. The lowest BCUT2D eigenvalue weighted by molar-refractivity contribution is 0.0705. The lowest BCUT2D eigenvalue weighted by Crippen LogP contribution is -2.26. The Bertz CT molecular complexity index is 631. The highest BCUT2D eigenvalue weighted by Crippen LogP contribution is 2.09. The number of hydrogen-bond acceptors (Lipinski definition) is 5. The molecular weight excluding hydrogens is 274 g/mol. The van der Waals surface area contributed by atoms with Gasteiger partial charge in [0, 0.05) is 24.4 Å². The van der Waals surface area contributed by atoms with Crippen molar-refractivity contribution in [3.63, 3.8) is 0 Å². The summed E-state index contributed by atoms with van der Waals surface area (Å²) >= 11 is 0. The topological polar surface area (TPSA) is 101 Å². The molecule has 0 atom stereocenters. The third kappa shape index (κ3) is 4.29. The fourth-order valence-electron chi connectivity index (χ4n) is 1.57. The van der Waals surface area contributed by atoms with E-state index in [4.69, 9.17) is 9.94 Å². The fraction of sp³-hybridized carbons (Fsp3) is 0.0714. The highest BCUT2D eigenvalue weighted by atomic mass is 16.6. The zero-order chi connectivity index (χ0) is 15.1. The van der Waals surface area contributed by atoms with Crippen LogP contribution in [0.5, 0.6) is 5.88 Å². The van der Waals surface area contributed by atoms with Gasteiger partial charge in [-0.25, -0.2) is 15.3 Å². The maximum atomic E-state index is 11.6. The summed E-state index contributed by atoms with van der Waals surface area (Å²) in [7, 11) is 0. The zero-order valence-electron chi connectivity index (χ0n) is 10.9. The standard InChI is InChI=1S/C14H13N3O4/c18-13(17-20)11-6-7-15-12(8-11)21-14(19)16-9-10-4-2-1-3-5-10/h1-8,20H,9H2,(H,16,19)(H,17,18). The molecule has 2 rings (SSSR count). The van der Waals surface area contributed by atoms with Crippen LogP contribution < -0.4 is 15.5 Å². The lowest BCUT2D eigenvalue weighted by Gasteiger charge is -2.06. The van der Waals surface area contributed by atoms with Gasteiger partial charge >= 0.3 is 6.09 Å². The van der Waals surface area contributed by atoms with Gasteiger partial charge in [-0.3, -0.25) is 10.0 Å². The minimum atomic E-state index is -0.716. The largest absolute Gasteiger partial charge is 0.414 e. The van der Waals surface area contributed by atoms with Gasteiger partial charge in [0.25, 0.3) is 5.91 Å². The summed E-state index contributed by atoms with van der Waals surface area (Å²) in [6, 6.07) is 12.0. The first-order chi connectivity index (χ1) is 10.2. The molecule has 1 aromatic carbocycles. The second kappa shape index (κ2) is 7.01. The third-order valence-electron chi connectivity index (χ3n) is 2.58. The predicted octanol–water partition coefficient (Wildman–Crippen LogP) is 1.49. The molecule has 1 heterocycles. The first-order valence-electron chi connectivity index (χ1n) is 6.09. The molecule has 0 radical (unpaired) electrons. The SMILES string of the molecule is O=C(NCc1ccccc1)Oc1cc(C(=O)NO)ccn1. The van der Waals surface area contributed by atoms with Gasteiger partial charge in [0.2, 0.25) is 5.88 Å². The van der Waals surface area contributed by atoms with Crippen molar-refractivity contribution >= 4 is 12.0 Å². The molecule has 108 valence electrons. The number of carbonyl (C=O) groups is 2. The van der Waals surface area contributed by atoms with Gasteiger partial charge in [-0.2, -0.15) is 0 Å². The smallest absolute Gasteiger partial charge is 0.391 e. The van der Waals surface area contributed by atoms with E-state index in [2.05, 4.69) is 10.3 Å². The van der Waals surface area contributed by atoms with E-state index in [1.165, 1.54) is 23.8 Å². The Kier molecular flexibility index (Phi) is 4.84. The van der Waals surface area contributed by atoms with Crippen LogP contribution in [0.1, 0.15) is 15.9 Å². The number of nitrogens with zero attached hydrogens (tertiary/aromatic N) is 1. The van der Waals surface area contributed by atoms with E-state index in [1.54, 1.807) is 0 Å². The Labute approximate surface area is 120 Å². The number of rotatable bonds is 4. The van der Waals surface area contributed by atoms with E-state index in [1.807, 2.05) is 30.3 Å². The zero-order valence-corrected chi connectivity index (χ0v) is 10.9. The van der Waals surface area contributed by atoms with Crippen molar-refractivity contribution in [1.82, 2.24) is 15.8 Å². The van der Waals surface area contributed by atoms with Gasteiger partial charge in [0.05, 0.1) is 0 Å². The first-order valence-corrected chi connectivity index (χ1v) is 6.09. The minimum Gasteiger partial charge on any atom is -0.391 e. The van der Waals surface area contributed by atoms with Crippen LogP contribution in [0.2, 0.25) is 0 Å². The van der Waals surface area contributed by atoms with Gasteiger partial charge in [-0.15, -0.1) is 0 Å². The van der Waals surface area contributed by atoms with Gasteiger partial charge in [-0.1, -0.05) is 30.3 Å². The molecule has 3 N–H and O–H groups in total. The van der Waals surface area contributed by atoms with Crippen LogP contribution >= 0.6 is 0 Å². The minimum absolute atomic E-state index is 0.0401. The number of nitrogens with one attached hydrogen (secondary N) is 2. The average molecular weight is 287 g/mol. The maximum Gasteiger partial charge on any atom is 0.414 e. The molecule has 2 amide bonds. The van der Waals surface area contributed by atoms with E-state index in [-0.39, 0.29) is 11.4 Å². The fourth-order valence-corrected chi connectivity index (χ4v) is 1.57. The molecule has 0 spiro atoms. The Hall–Kier alpha value is -2.93. The van der Waals surface area contributed by atoms with E-state index in [0.717, 1.165) is 5.56 Å². The van der Waals surface area contributed by atoms with Crippen LogP contribution in [-0.4, -0.2) is 22.2 Å². The van der Waals surface area contributed by atoms with Crippen LogP contribution in [0.3, 0.4) is 0 Å². The Balaban J connectivity index is 1.92. The van der Waals surface area contributed by atoms with Crippen molar-refractivity contribution in [2.24, 2.45) is 0 Å². The summed E-state index contributed by atoms with van der Waals surface area (Å²) in [5.74, 6) is -0.756. The number of hydroxylamine groups is 1. The van der Waals surface area contributed by atoms with Gasteiger partial charge in [0.1, 0.15) is 0 Å². The Morgan fingerprint density at radius 2 is 1.95 bits per heavy atom.